The Hall–Kier alpha value is -1.11. The summed E-state index contributed by atoms with van der Waals surface area (Å²) >= 11 is 0. The molecule has 1 fully saturated rings. The highest BCUT2D eigenvalue weighted by molar-refractivity contribution is 7.84. The van der Waals surface area contributed by atoms with Crippen molar-refractivity contribution in [2.75, 3.05) is 18.6 Å². The monoisotopic (exact) mass is 276 g/mol. The summed E-state index contributed by atoms with van der Waals surface area (Å²) in [5.74, 6) is -0.494. The van der Waals surface area contributed by atoms with Crippen LogP contribution in [0.3, 0.4) is 0 Å². The van der Waals surface area contributed by atoms with Gasteiger partial charge in [-0.15, -0.1) is 0 Å². The van der Waals surface area contributed by atoms with Crippen molar-refractivity contribution in [3.05, 3.63) is 0 Å². The van der Waals surface area contributed by atoms with Crippen LogP contribution in [-0.4, -0.2) is 45.4 Å². The maximum Gasteiger partial charge on any atom is 0.315 e. The summed E-state index contributed by atoms with van der Waals surface area (Å²) < 4.78 is 10.8. The fourth-order valence-electron chi connectivity index (χ4n) is 2.28. The van der Waals surface area contributed by atoms with Crippen molar-refractivity contribution in [2.24, 2.45) is 0 Å². The van der Waals surface area contributed by atoms with E-state index in [1.807, 2.05) is 0 Å². The van der Waals surface area contributed by atoms with Crippen molar-refractivity contribution in [1.29, 1.82) is 0 Å². The number of carboxylic acids is 1. The van der Waals surface area contributed by atoms with Gasteiger partial charge in [-0.2, -0.15) is 0 Å². The van der Waals surface area contributed by atoms with Crippen LogP contribution in [0.15, 0.2) is 0 Å². The lowest BCUT2D eigenvalue weighted by Crippen LogP contribution is -2.52. The lowest BCUT2D eigenvalue weighted by molar-refractivity contribution is -0.138. The Morgan fingerprint density at radius 2 is 1.94 bits per heavy atom. The van der Waals surface area contributed by atoms with Crippen LogP contribution in [0, 0.1) is 0 Å². The molecule has 0 aromatic rings. The Kier molecular flexibility index (Phi) is 5.58. The predicted molar refractivity (Wildman–Crippen MR) is 68.9 cm³/mol. The van der Waals surface area contributed by atoms with Crippen LogP contribution < -0.4 is 10.6 Å². The third-order valence-electron chi connectivity index (χ3n) is 3.10. The second kappa shape index (κ2) is 6.72. The molecule has 0 bridgehead atoms. The molecule has 0 aromatic heterocycles. The van der Waals surface area contributed by atoms with E-state index in [1.165, 1.54) is 0 Å². The number of carbonyl (C=O) groups is 2. The van der Waals surface area contributed by atoms with Gasteiger partial charge >= 0.3 is 12.0 Å². The smallest absolute Gasteiger partial charge is 0.315 e. The van der Waals surface area contributed by atoms with Gasteiger partial charge in [0, 0.05) is 29.4 Å². The van der Waals surface area contributed by atoms with Gasteiger partial charge in [0.2, 0.25) is 0 Å². The van der Waals surface area contributed by atoms with Crippen molar-refractivity contribution < 1.29 is 18.9 Å². The summed E-state index contributed by atoms with van der Waals surface area (Å²) in [5, 5.41) is 14.3. The molecule has 0 heterocycles. The standard InChI is InChI=1S/C11H20N2O4S/c1-18(17)7-6-12-10(16)13-11(8-9(14)15)4-2-3-5-11/h2-8H2,1H3,(H,14,15)(H2,12,13,16). The lowest BCUT2D eigenvalue weighted by Gasteiger charge is -2.28. The number of urea groups is 1. The molecule has 0 radical (unpaired) electrons. The molecule has 1 rings (SSSR count). The van der Waals surface area contributed by atoms with E-state index in [1.54, 1.807) is 6.26 Å². The molecular formula is C11H20N2O4S. The number of nitrogens with one attached hydrogen (secondary N) is 2. The zero-order valence-electron chi connectivity index (χ0n) is 10.5. The second-order valence-electron chi connectivity index (χ2n) is 4.72. The largest absolute Gasteiger partial charge is 0.481 e. The number of amides is 2. The maximum absolute atomic E-state index is 11.7. The van der Waals surface area contributed by atoms with E-state index in [0.717, 1.165) is 12.8 Å². The van der Waals surface area contributed by atoms with Crippen molar-refractivity contribution in [2.45, 2.75) is 37.6 Å². The molecule has 0 aliphatic heterocycles. The van der Waals surface area contributed by atoms with Gasteiger partial charge in [0.1, 0.15) is 0 Å². The van der Waals surface area contributed by atoms with Gasteiger partial charge in [0.05, 0.1) is 12.0 Å². The summed E-state index contributed by atoms with van der Waals surface area (Å²) in [5.41, 5.74) is -0.610. The van der Waals surface area contributed by atoms with E-state index in [4.69, 9.17) is 5.11 Å². The molecular weight excluding hydrogens is 256 g/mol. The first kappa shape index (κ1) is 14.9. The number of carboxylic acid groups (broad SMARTS) is 1. The third kappa shape index (κ3) is 5.03. The molecule has 1 unspecified atom stereocenters. The summed E-state index contributed by atoms with van der Waals surface area (Å²) in [6, 6.07) is -0.372. The summed E-state index contributed by atoms with van der Waals surface area (Å²) in [6.45, 7) is 0.331. The molecule has 104 valence electrons. The number of aliphatic carboxylic acids is 1. The van der Waals surface area contributed by atoms with Crippen LogP contribution >= 0.6 is 0 Å². The predicted octanol–water partition coefficient (Wildman–Crippen LogP) is 0.452. The minimum atomic E-state index is -0.942. The Bertz CT molecular complexity index is 340. The Balaban J connectivity index is 2.43. The third-order valence-corrected chi connectivity index (χ3v) is 3.88. The molecule has 7 heteroatoms. The Morgan fingerprint density at radius 1 is 1.33 bits per heavy atom. The first-order valence-electron chi connectivity index (χ1n) is 6.01. The lowest BCUT2D eigenvalue weighted by atomic mass is 9.93. The van der Waals surface area contributed by atoms with Crippen LogP contribution in [0.2, 0.25) is 0 Å². The fraction of sp³-hybridized carbons (Fsp3) is 0.818. The highest BCUT2D eigenvalue weighted by atomic mass is 32.2. The first-order chi connectivity index (χ1) is 8.43. The quantitative estimate of drug-likeness (QED) is 0.656. The molecule has 1 saturated carbocycles. The molecule has 0 spiro atoms. The van der Waals surface area contributed by atoms with E-state index < -0.39 is 22.3 Å². The van der Waals surface area contributed by atoms with Crippen molar-refractivity contribution in [1.82, 2.24) is 10.6 Å². The number of carbonyl (C=O) groups excluding carboxylic acids is 1. The molecule has 1 atom stereocenters. The molecule has 1 aliphatic carbocycles. The van der Waals surface area contributed by atoms with E-state index in [2.05, 4.69) is 10.6 Å². The number of rotatable bonds is 6. The van der Waals surface area contributed by atoms with Crippen molar-refractivity contribution >= 4 is 22.8 Å². The SMILES string of the molecule is CS(=O)CCNC(=O)NC1(CC(=O)O)CCCC1. The topological polar surface area (TPSA) is 95.5 Å². The maximum atomic E-state index is 11.7. The zero-order chi connectivity index (χ0) is 13.6. The molecule has 0 saturated heterocycles. The molecule has 3 N–H and O–H groups in total. The van der Waals surface area contributed by atoms with Gasteiger partial charge in [0.25, 0.3) is 0 Å². The van der Waals surface area contributed by atoms with Gasteiger partial charge in [-0.3, -0.25) is 9.00 Å². The Labute approximate surface area is 109 Å². The highest BCUT2D eigenvalue weighted by Crippen LogP contribution is 2.32. The van der Waals surface area contributed by atoms with E-state index in [-0.39, 0.29) is 12.5 Å². The van der Waals surface area contributed by atoms with E-state index >= 15 is 0 Å². The molecule has 2 amide bonds. The second-order valence-corrected chi connectivity index (χ2v) is 6.27. The highest BCUT2D eigenvalue weighted by Gasteiger charge is 2.37. The number of hydrogen-bond donors (Lipinski definition) is 3. The van der Waals surface area contributed by atoms with E-state index in [0.29, 0.717) is 25.1 Å². The van der Waals surface area contributed by atoms with Crippen LogP contribution in [0.1, 0.15) is 32.1 Å². The van der Waals surface area contributed by atoms with Crippen LogP contribution in [0.4, 0.5) is 4.79 Å². The Morgan fingerprint density at radius 3 is 2.44 bits per heavy atom. The van der Waals surface area contributed by atoms with Gasteiger partial charge in [-0.25, -0.2) is 4.79 Å². The van der Waals surface area contributed by atoms with Gasteiger partial charge < -0.3 is 15.7 Å². The summed E-state index contributed by atoms with van der Waals surface area (Å²) in [4.78, 5) is 22.5. The summed E-state index contributed by atoms with van der Waals surface area (Å²) in [7, 11) is -0.942. The minimum Gasteiger partial charge on any atom is -0.481 e. The molecule has 6 nitrogen and oxygen atoms in total. The number of hydrogen-bond acceptors (Lipinski definition) is 3. The van der Waals surface area contributed by atoms with Gasteiger partial charge in [-0.05, 0) is 12.8 Å². The van der Waals surface area contributed by atoms with Crippen molar-refractivity contribution in [3.8, 4) is 0 Å². The van der Waals surface area contributed by atoms with Crippen LogP contribution in [-0.2, 0) is 15.6 Å². The van der Waals surface area contributed by atoms with Gasteiger partial charge in [0.15, 0.2) is 0 Å². The van der Waals surface area contributed by atoms with Gasteiger partial charge in [-0.1, -0.05) is 12.8 Å². The average molecular weight is 276 g/mol. The first-order valence-corrected chi connectivity index (χ1v) is 7.74. The van der Waals surface area contributed by atoms with E-state index in [9.17, 15) is 13.8 Å². The average Bonchev–Trinajstić information content (AvgIpc) is 2.64. The molecule has 18 heavy (non-hydrogen) atoms. The molecule has 0 aromatic carbocycles. The zero-order valence-corrected chi connectivity index (χ0v) is 11.3. The summed E-state index contributed by atoms with van der Waals surface area (Å²) in [6.07, 6.45) is 4.81. The van der Waals surface area contributed by atoms with Crippen LogP contribution in [0.25, 0.3) is 0 Å². The van der Waals surface area contributed by atoms with Crippen molar-refractivity contribution in [3.63, 3.8) is 0 Å². The normalized spacial score (nSPS) is 19.2. The molecule has 1 aliphatic rings. The fourth-order valence-corrected chi connectivity index (χ4v) is 2.67. The van der Waals surface area contributed by atoms with Crippen LogP contribution in [0.5, 0.6) is 0 Å². The minimum absolute atomic E-state index is 0.0415.